The zero-order valence-corrected chi connectivity index (χ0v) is 21.8. The van der Waals surface area contributed by atoms with Gasteiger partial charge in [-0.3, -0.25) is 4.79 Å². The molecule has 0 aliphatic heterocycles. The lowest BCUT2D eigenvalue weighted by atomic mass is 9.93. The molecule has 1 N–H and O–H groups in total. The molecule has 0 spiro atoms. The summed E-state index contributed by atoms with van der Waals surface area (Å²) in [6.45, 7) is 0. The van der Waals surface area contributed by atoms with Gasteiger partial charge in [0.1, 0.15) is 17.1 Å². The maximum Gasteiger partial charge on any atom is 0.488 e. The molecule has 198 valence electrons. The minimum atomic E-state index is -5.20. The number of halogens is 1. The highest BCUT2D eigenvalue weighted by molar-refractivity contribution is 7.81. The van der Waals surface area contributed by atoms with Crippen molar-refractivity contribution < 1.29 is 21.2 Å². The highest BCUT2D eigenvalue weighted by Crippen LogP contribution is 2.40. The van der Waals surface area contributed by atoms with Gasteiger partial charge in [-0.15, -0.1) is 0 Å². The molecule has 0 unspecified atom stereocenters. The summed E-state index contributed by atoms with van der Waals surface area (Å²) in [6, 6.07) is 17.2. The van der Waals surface area contributed by atoms with Crippen LogP contribution in [0.3, 0.4) is 0 Å². The number of aromatic amines is 1. The minimum Gasteiger partial charge on any atom is -0.496 e. The van der Waals surface area contributed by atoms with Crippen LogP contribution in [0.1, 0.15) is 43.7 Å². The summed E-state index contributed by atoms with van der Waals surface area (Å²) in [7, 11) is -3.71. The average molecular weight is 546 g/mol. The summed E-state index contributed by atoms with van der Waals surface area (Å²) in [4.78, 5) is 17.4. The number of nitrogens with zero attached hydrogens (tertiary/aromatic N) is 2. The van der Waals surface area contributed by atoms with Crippen molar-refractivity contribution in [1.29, 1.82) is 5.26 Å². The predicted molar refractivity (Wildman–Crippen MR) is 147 cm³/mol. The molecule has 0 radical (unpaired) electrons. The topological polar surface area (TPSA) is 114 Å². The first-order valence-electron chi connectivity index (χ1n) is 12.6. The molecule has 1 fully saturated rings. The van der Waals surface area contributed by atoms with Crippen LogP contribution < -0.4 is 14.3 Å². The summed E-state index contributed by atoms with van der Waals surface area (Å²) < 4.78 is 47.7. The average Bonchev–Trinajstić information content (AvgIpc) is 3.31. The molecule has 8 nitrogen and oxygen atoms in total. The minimum absolute atomic E-state index is 0.139. The fourth-order valence-corrected chi connectivity index (χ4v) is 6.14. The second-order valence-electron chi connectivity index (χ2n) is 9.79. The van der Waals surface area contributed by atoms with Crippen molar-refractivity contribution in [3.63, 3.8) is 0 Å². The van der Waals surface area contributed by atoms with Crippen LogP contribution in [0.2, 0.25) is 0 Å². The number of H-pyrrole nitrogens is 1. The Morgan fingerprint density at radius 3 is 2.56 bits per heavy atom. The summed E-state index contributed by atoms with van der Waals surface area (Å²) in [6.07, 6.45) is 5.19. The molecule has 6 rings (SSSR count). The molecule has 5 aromatic rings. The molecule has 39 heavy (non-hydrogen) atoms. The van der Waals surface area contributed by atoms with Crippen molar-refractivity contribution in [3.05, 3.63) is 70.4 Å². The fraction of sp³-hybridized carbons (Fsp3) is 0.241. The first-order chi connectivity index (χ1) is 18.8. The lowest BCUT2D eigenvalue weighted by Crippen LogP contribution is -2.18. The van der Waals surface area contributed by atoms with Gasteiger partial charge in [-0.1, -0.05) is 41.3 Å². The van der Waals surface area contributed by atoms with Crippen LogP contribution in [0.4, 0.5) is 3.89 Å². The molecule has 1 saturated carbocycles. The first-order valence-corrected chi connectivity index (χ1v) is 13.9. The molecular formula is C29H24FN3O5S. The van der Waals surface area contributed by atoms with Crippen molar-refractivity contribution in [2.75, 3.05) is 7.11 Å². The normalized spacial score (nSPS) is 14.6. The number of hydrogen-bond donors (Lipinski definition) is 1. The number of benzene rings is 3. The third-order valence-electron chi connectivity index (χ3n) is 7.48. The Morgan fingerprint density at radius 1 is 1.05 bits per heavy atom. The highest BCUT2D eigenvalue weighted by Gasteiger charge is 2.25. The molecular weight excluding hydrogens is 521 g/mol. The monoisotopic (exact) mass is 545 g/mol. The van der Waals surface area contributed by atoms with Crippen molar-refractivity contribution in [3.8, 4) is 28.7 Å². The van der Waals surface area contributed by atoms with Gasteiger partial charge in [0.15, 0.2) is 5.43 Å². The molecule has 0 atom stereocenters. The van der Waals surface area contributed by atoms with Crippen molar-refractivity contribution in [2.45, 2.75) is 38.1 Å². The fourth-order valence-electron chi connectivity index (χ4n) is 5.81. The van der Waals surface area contributed by atoms with Crippen LogP contribution in [0, 0.1) is 11.3 Å². The van der Waals surface area contributed by atoms with E-state index >= 15 is 0 Å². The Kier molecular flexibility index (Phi) is 6.03. The molecule has 2 heterocycles. The number of hydrogen-bond acceptors (Lipinski definition) is 6. The molecule has 1 aliphatic rings. The van der Waals surface area contributed by atoms with Crippen LogP contribution in [-0.4, -0.2) is 25.1 Å². The zero-order chi connectivity index (χ0) is 27.3. The number of ether oxygens (including phenoxy) is 1. The summed E-state index contributed by atoms with van der Waals surface area (Å²) >= 11 is 0. The van der Waals surface area contributed by atoms with Crippen molar-refractivity contribution >= 4 is 43.3 Å². The Bertz CT molecular complexity index is 1980. The number of aromatic nitrogens is 2. The standard InChI is InChI=1S/C29H24FN3O5S/c1-37-26-15-23-25(14-22(26)18-6-5-9-20(13-18)38-39(30,35)36)33(19-7-3-2-4-8-19)29-27(28(23)34)21-11-10-17(16-31)12-24(21)32-29/h5-6,9-15,19,32H,2-4,7-8H2,1H3. The van der Waals surface area contributed by atoms with Gasteiger partial charge in [0.2, 0.25) is 0 Å². The van der Waals surface area contributed by atoms with Gasteiger partial charge in [-0.25, -0.2) is 0 Å². The van der Waals surface area contributed by atoms with E-state index in [-0.39, 0.29) is 17.2 Å². The van der Waals surface area contributed by atoms with Crippen molar-refractivity contribution in [1.82, 2.24) is 9.55 Å². The number of nitrogens with one attached hydrogen (secondary N) is 1. The van der Waals surface area contributed by atoms with Gasteiger partial charge in [0.05, 0.1) is 35.0 Å². The summed E-state index contributed by atoms with van der Waals surface area (Å²) in [5.74, 6) is 0.224. The Hall–Kier alpha value is -4.36. The SMILES string of the molecule is COc1cc2c(=O)c3c4ccc(C#N)cc4[nH]c3n(C3CCCCC3)c2cc1-c1cccc(OS(=O)(=O)F)c1. The number of methoxy groups -OCH3 is 1. The highest BCUT2D eigenvalue weighted by atomic mass is 32.3. The van der Waals surface area contributed by atoms with Gasteiger partial charge in [0, 0.05) is 22.5 Å². The second-order valence-corrected chi connectivity index (χ2v) is 10.7. The molecule has 0 bridgehead atoms. The molecule has 3 aromatic carbocycles. The lowest BCUT2D eigenvalue weighted by Gasteiger charge is -2.27. The van der Waals surface area contributed by atoms with E-state index in [9.17, 15) is 22.4 Å². The van der Waals surface area contributed by atoms with E-state index in [0.717, 1.165) is 37.5 Å². The molecule has 0 amide bonds. The molecule has 0 saturated heterocycles. The number of pyridine rings is 1. The summed E-state index contributed by atoms with van der Waals surface area (Å²) in [5.41, 5.74) is 3.58. The van der Waals surface area contributed by atoms with Crippen LogP contribution in [0.5, 0.6) is 11.5 Å². The van der Waals surface area contributed by atoms with Gasteiger partial charge >= 0.3 is 10.5 Å². The van der Waals surface area contributed by atoms with E-state index in [1.165, 1.54) is 19.2 Å². The summed E-state index contributed by atoms with van der Waals surface area (Å²) in [5, 5.41) is 11.2. The van der Waals surface area contributed by atoms with Crippen LogP contribution in [0.15, 0.2) is 59.4 Å². The Morgan fingerprint density at radius 2 is 1.85 bits per heavy atom. The second kappa shape index (κ2) is 9.43. The number of nitriles is 1. The smallest absolute Gasteiger partial charge is 0.488 e. The van der Waals surface area contributed by atoms with E-state index in [2.05, 4.69) is 19.8 Å². The van der Waals surface area contributed by atoms with Gasteiger partial charge in [0.25, 0.3) is 0 Å². The Labute approximate surface area is 223 Å². The molecule has 10 heteroatoms. The quantitative estimate of drug-likeness (QED) is 0.260. The third-order valence-corrected chi connectivity index (χ3v) is 7.87. The first kappa shape index (κ1) is 24.9. The van der Waals surface area contributed by atoms with E-state index < -0.39 is 10.5 Å². The zero-order valence-electron chi connectivity index (χ0n) is 21.0. The number of fused-ring (bicyclic) bond motifs is 4. The molecule has 1 aliphatic carbocycles. The third kappa shape index (κ3) is 4.38. The van der Waals surface area contributed by atoms with Crippen molar-refractivity contribution in [2.24, 2.45) is 0 Å². The van der Waals surface area contributed by atoms with Crippen LogP contribution >= 0.6 is 0 Å². The van der Waals surface area contributed by atoms with E-state index in [4.69, 9.17) is 4.74 Å². The maximum absolute atomic E-state index is 14.0. The largest absolute Gasteiger partial charge is 0.496 e. The van der Waals surface area contributed by atoms with Gasteiger partial charge < -0.3 is 18.5 Å². The van der Waals surface area contributed by atoms with Gasteiger partial charge in [-0.2, -0.15) is 13.7 Å². The van der Waals surface area contributed by atoms with E-state index in [0.29, 0.717) is 49.9 Å². The lowest BCUT2D eigenvalue weighted by molar-refractivity contribution is 0.365. The predicted octanol–water partition coefficient (Wildman–Crippen LogP) is 6.28. The van der Waals surface area contributed by atoms with Gasteiger partial charge in [-0.05, 0) is 54.8 Å². The van der Waals surface area contributed by atoms with Crippen LogP contribution in [0.25, 0.3) is 44.0 Å². The molecule has 2 aromatic heterocycles. The van der Waals surface area contributed by atoms with E-state index in [1.807, 2.05) is 6.07 Å². The Balaban J connectivity index is 1.69. The van der Waals surface area contributed by atoms with E-state index in [1.54, 1.807) is 36.4 Å². The number of rotatable bonds is 5. The maximum atomic E-state index is 14.0. The van der Waals surface area contributed by atoms with Crippen LogP contribution in [-0.2, 0) is 10.5 Å².